The molecule has 2 aliphatic heterocycles. The summed E-state index contributed by atoms with van der Waals surface area (Å²) in [6, 6.07) is 12.5. The van der Waals surface area contributed by atoms with E-state index in [0.29, 0.717) is 53.4 Å². The van der Waals surface area contributed by atoms with E-state index in [0.717, 1.165) is 49.2 Å². The zero-order valence-corrected chi connectivity index (χ0v) is 31.7. The van der Waals surface area contributed by atoms with E-state index in [9.17, 15) is 14.4 Å². The number of methoxy groups -OCH3 is 1. The van der Waals surface area contributed by atoms with Crippen molar-refractivity contribution in [2.24, 2.45) is 23.7 Å². The topological polar surface area (TPSA) is 160 Å². The molecule has 284 valence electrons. The monoisotopic (exact) mass is 755 g/mol. The fourth-order valence-corrected chi connectivity index (χ4v) is 8.04. The van der Waals surface area contributed by atoms with Crippen LogP contribution in [0.5, 0.6) is 0 Å². The molecule has 3 amide bonds. The third-order valence-corrected chi connectivity index (χ3v) is 10.8. The van der Waals surface area contributed by atoms with Crippen LogP contribution in [0.1, 0.15) is 70.3 Å². The number of hydrogen-bond acceptors (Lipinski definition) is 9. The van der Waals surface area contributed by atoms with E-state index in [1.54, 1.807) is 36.4 Å². The van der Waals surface area contributed by atoms with Crippen LogP contribution in [0.15, 0.2) is 61.1 Å². The second-order valence-electron chi connectivity index (χ2n) is 15.4. The Morgan fingerprint density at radius 1 is 1.00 bits per heavy atom. The molecule has 4 heterocycles. The molecule has 14 nitrogen and oxygen atoms in total. The minimum absolute atomic E-state index is 0.125. The van der Waals surface area contributed by atoms with Crippen LogP contribution in [-0.2, 0) is 14.3 Å². The van der Waals surface area contributed by atoms with Gasteiger partial charge in [0.25, 0.3) is 0 Å². The molecule has 2 saturated heterocycles. The number of rotatable bonds is 8. The van der Waals surface area contributed by atoms with Crippen molar-refractivity contribution in [2.75, 3.05) is 32.1 Å². The summed E-state index contributed by atoms with van der Waals surface area (Å²) >= 11 is 6.40. The molecule has 54 heavy (non-hydrogen) atoms. The zero-order valence-electron chi connectivity index (χ0n) is 30.9. The number of nitrogens with zero attached hydrogens (tertiary/aromatic N) is 7. The van der Waals surface area contributed by atoms with E-state index < -0.39 is 11.7 Å². The van der Waals surface area contributed by atoms with Crippen LogP contribution in [0.3, 0.4) is 0 Å². The summed E-state index contributed by atoms with van der Waals surface area (Å²) in [4.78, 5) is 51.4. The smallest absolute Gasteiger partial charge is 0.411 e. The number of halogens is 1. The Morgan fingerprint density at radius 2 is 1.76 bits per heavy atom. The van der Waals surface area contributed by atoms with Crippen molar-refractivity contribution in [2.45, 2.75) is 64.5 Å². The first kappa shape index (κ1) is 37.1. The van der Waals surface area contributed by atoms with Gasteiger partial charge in [0.2, 0.25) is 5.91 Å². The first-order valence-electron chi connectivity index (χ1n) is 18.5. The number of nitrogens with one attached hydrogen (secondary N) is 2. The summed E-state index contributed by atoms with van der Waals surface area (Å²) in [5, 5.41) is 14.8. The number of aromatic amines is 1. The van der Waals surface area contributed by atoms with E-state index >= 15 is 0 Å². The maximum atomic E-state index is 14.6. The van der Waals surface area contributed by atoms with Crippen LogP contribution in [0.25, 0.3) is 23.0 Å². The number of tetrazole rings is 1. The van der Waals surface area contributed by atoms with Gasteiger partial charge in [-0.1, -0.05) is 23.7 Å². The zero-order chi connectivity index (χ0) is 38.0. The van der Waals surface area contributed by atoms with Crippen LogP contribution >= 0.6 is 11.6 Å². The molecule has 7 rings (SSSR count). The highest BCUT2D eigenvalue weighted by Gasteiger charge is 2.48. The number of piperidine rings is 2. The lowest BCUT2D eigenvalue weighted by Gasteiger charge is -2.47. The lowest BCUT2D eigenvalue weighted by Crippen LogP contribution is -2.50. The van der Waals surface area contributed by atoms with Crippen LogP contribution in [0.2, 0.25) is 5.02 Å². The van der Waals surface area contributed by atoms with Crippen molar-refractivity contribution in [3.63, 3.8) is 0 Å². The van der Waals surface area contributed by atoms with Gasteiger partial charge in [-0.25, -0.2) is 14.6 Å². The van der Waals surface area contributed by atoms with Gasteiger partial charge in [-0.05, 0) is 129 Å². The van der Waals surface area contributed by atoms with Crippen LogP contribution in [-0.4, -0.2) is 90.4 Å². The number of imidazole rings is 1. The van der Waals surface area contributed by atoms with Crippen molar-refractivity contribution in [3.05, 3.63) is 77.5 Å². The van der Waals surface area contributed by atoms with E-state index in [1.807, 2.05) is 55.0 Å². The number of amides is 3. The standard InChI is InChI=1S/C39H46ClN9O5/c1-39(2,3)54-38(52)47-17-15-24(16-18-47)28-20-31(25-5-6-25)35(36-41-21-32(44-36)26-7-11-30(12-8-26)43-37(51)53-4)48(22-28)34(50)14-9-27-19-29(40)10-13-33(27)49-23-42-45-46-49/h7-14,19,21,23-25,28,31,35H,5-6,15-18,20,22H2,1-4H3,(H,41,44)(H,43,51)/b14-9+. The normalized spacial score (nSPS) is 20.9. The Hall–Kier alpha value is -5.24. The number of carbonyl (C=O) groups excluding carboxylic acids is 3. The Labute approximate surface area is 319 Å². The van der Waals surface area contributed by atoms with Gasteiger partial charge in [-0.2, -0.15) is 4.68 Å². The van der Waals surface area contributed by atoms with E-state index in [2.05, 4.69) is 25.8 Å². The number of aromatic nitrogens is 6. The quantitative estimate of drug-likeness (QED) is 0.178. The van der Waals surface area contributed by atoms with E-state index in [1.165, 1.54) is 18.1 Å². The predicted octanol–water partition coefficient (Wildman–Crippen LogP) is 7.16. The Balaban J connectivity index is 1.17. The van der Waals surface area contributed by atoms with Crippen LogP contribution < -0.4 is 5.32 Å². The minimum atomic E-state index is -0.549. The average Bonchev–Trinajstić information content (AvgIpc) is 3.63. The van der Waals surface area contributed by atoms with Gasteiger partial charge in [0.1, 0.15) is 17.8 Å². The summed E-state index contributed by atoms with van der Waals surface area (Å²) in [7, 11) is 1.32. The van der Waals surface area contributed by atoms with Crippen molar-refractivity contribution < 1.29 is 23.9 Å². The number of benzene rings is 2. The number of anilines is 1. The predicted molar refractivity (Wildman–Crippen MR) is 203 cm³/mol. The van der Waals surface area contributed by atoms with Gasteiger partial charge >= 0.3 is 12.2 Å². The third kappa shape index (κ3) is 8.59. The molecule has 3 unspecified atom stereocenters. The van der Waals surface area contributed by atoms with Crippen LogP contribution in [0.4, 0.5) is 15.3 Å². The fraction of sp³-hybridized carbons (Fsp3) is 0.462. The maximum absolute atomic E-state index is 14.6. The summed E-state index contributed by atoms with van der Waals surface area (Å²) in [6.07, 6.45) is 10.8. The largest absolute Gasteiger partial charge is 0.453 e. The van der Waals surface area contributed by atoms with Crippen molar-refractivity contribution >= 4 is 41.5 Å². The average molecular weight is 756 g/mol. The number of H-pyrrole nitrogens is 1. The Morgan fingerprint density at radius 3 is 2.43 bits per heavy atom. The summed E-state index contributed by atoms with van der Waals surface area (Å²) in [6.45, 7) is 7.48. The molecule has 0 radical (unpaired) electrons. The molecule has 15 heteroatoms. The van der Waals surface area contributed by atoms with Crippen molar-refractivity contribution in [1.82, 2.24) is 40.0 Å². The van der Waals surface area contributed by atoms with Gasteiger partial charge in [0.15, 0.2) is 0 Å². The first-order chi connectivity index (χ1) is 26.0. The van der Waals surface area contributed by atoms with Crippen LogP contribution in [0, 0.1) is 23.7 Å². The molecule has 2 aromatic carbocycles. The molecule has 3 aliphatic rings. The van der Waals surface area contributed by atoms with Crippen molar-refractivity contribution in [1.29, 1.82) is 0 Å². The number of likely N-dealkylation sites (tertiary alicyclic amines) is 2. The molecule has 1 aliphatic carbocycles. The van der Waals surface area contributed by atoms with Gasteiger partial charge in [0, 0.05) is 42.0 Å². The number of ether oxygens (including phenoxy) is 2. The lowest BCUT2D eigenvalue weighted by atomic mass is 9.72. The highest BCUT2D eigenvalue weighted by atomic mass is 35.5. The molecule has 4 aromatic rings. The summed E-state index contributed by atoms with van der Waals surface area (Å²) < 4.78 is 11.9. The third-order valence-electron chi connectivity index (χ3n) is 10.6. The highest BCUT2D eigenvalue weighted by molar-refractivity contribution is 6.30. The van der Waals surface area contributed by atoms with Crippen molar-refractivity contribution in [3.8, 4) is 16.9 Å². The van der Waals surface area contributed by atoms with Gasteiger partial charge in [-0.3, -0.25) is 10.1 Å². The molecule has 3 atom stereocenters. The van der Waals surface area contributed by atoms with Gasteiger partial charge in [-0.15, -0.1) is 5.10 Å². The Bertz CT molecular complexity index is 1980. The lowest BCUT2D eigenvalue weighted by molar-refractivity contribution is -0.134. The molecular weight excluding hydrogens is 710 g/mol. The second-order valence-corrected chi connectivity index (χ2v) is 15.8. The molecule has 0 bridgehead atoms. The molecule has 2 aromatic heterocycles. The fourth-order valence-electron chi connectivity index (χ4n) is 7.86. The summed E-state index contributed by atoms with van der Waals surface area (Å²) in [5.74, 6) is 1.93. The van der Waals surface area contributed by atoms with Gasteiger partial charge < -0.3 is 24.3 Å². The molecule has 1 saturated carbocycles. The molecular formula is C39H46ClN9O5. The van der Waals surface area contributed by atoms with Gasteiger partial charge in [0.05, 0.1) is 30.7 Å². The molecule has 0 spiro atoms. The number of hydrogen-bond donors (Lipinski definition) is 2. The molecule has 3 fully saturated rings. The second kappa shape index (κ2) is 15.6. The minimum Gasteiger partial charge on any atom is -0.453 e. The van der Waals surface area contributed by atoms with E-state index in [-0.39, 0.29) is 29.9 Å². The SMILES string of the molecule is COC(=O)Nc1ccc(-c2cnc(C3C(C4CC4)CC(C4CCN(C(=O)OC(C)(C)C)CC4)CN3C(=O)/C=C/c3cc(Cl)ccc3-n3cnnn3)[nH]2)cc1. The van der Waals surface area contributed by atoms with E-state index in [4.69, 9.17) is 26.1 Å². The first-order valence-corrected chi connectivity index (χ1v) is 18.8. The molecule has 2 N–H and O–H groups in total. The highest BCUT2D eigenvalue weighted by Crippen LogP contribution is 2.52. The summed E-state index contributed by atoms with van der Waals surface area (Å²) in [5.41, 5.74) is 3.16. The number of carbonyl (C=O) groups is 3. The maximum Gasteiger partial charge on any atom is 0.411 e. The Kier molecular flexibility index (Phi) is 10.7.